The molecule has 0 fully saturated rings. The Morgan fingerprint density at radius 2 is 2.20 bits per heavy atom. The summed E-state index contributed by atoms with van der Waals surface area (Å²) in [4.78, 5) is 26.3. The first-order chi connectivity index (χ1) is 9.40. The number of hydrogen-bond acceptors (Lipinski definition) is 4. The third-order valence-corrected chi connectivity index (χ3v) is 3.32. The fourth-order valence-electron chi connectivity index (χ4n) is 1.77. The van der Waals surface area contributed by atoms with E-state index in [-0.39, 0.29) is 27.8 Å². The highest BCUT2D eigenvalue weighted by molar-refractivity contribution is 9.10. The van der Waals surface area contributed by atoms with E-state index in [0.717, 1.165) is 18.2 Å². The van der Waals surface area contributed by atoms with Crippen molar-refractivity contribution in [3.05, 3.63) is 66.5 Å². The molecule has 0 N–H and O–H groups in total. The van der Waals surface area contributed by atoms with Crippen LogP contribution in [0.2, 0.25) is 0 Å². The van der Waals surface area contributed by atoms with E-state index in [0.29, 0.717) is 5.82 Å². The summed E-state index contributed by atoms with van der Waals surface area (Å²) in [7, 11) is 0. The van der Waals surface area contributed by atoms with Gasteiger partial charge in [-0.2, -0.15) is 0 Å². The van der Waals surface area contributed by atoms with Crippen molar-refractivity contribution in [3.8, 4) is 0 Å². The van der Waals surface area contributed by atoms with Gasteiger partial charge in [0, 0.05) is 12.3 Å². The molecule has 2 aromatic rings. The second-order valence-electron chi connectivity index (χ2n) is 4.07. The van der Waals surface area contributed by atoms with E-state index in [4.69, 9.17) is 0 Å². The zero-order valence-corrected chi connectivity index (χ0v) is 11.9. The molecule has 20 heavy (non-hydrogen) atoms. The first-order valence-corrected chi connectivity index (χ1v) is 6.34. The van der Waals surface area contributed by atoms with Gasteiger partial charge in [0.2, 0.25) is 0 Å². The summed E-state index contributed by atoms with van der Waals surface area (Å²) >= 11 is 3.05. The molecule has 0 amide bonds. The van der Waals surface area contributed by atoms with Gasteiger partial charge in [-0.05, 0) is 35.0 Å². The normalized spacial score (nSPS) is 10.6. The molecule has 1 heterocycles. The predicted octanol–water partition coefficient (Wildman–Crippen LogP) is 2.41. The van der Waals surface area contributed by atoms with Crippen molar-refractivity contribution in [2.24, 2.45) is 0 Å². The van der Waals surface area contributed by atoms with E-state index in [2.05, 4.69) is 20.9 Å². The second-order valence-corrected chi connectivity index (χ2v) is 4.93. The molecule has 0 saturated carbocycles. The van der Waals surface area contributed by atoms with Gasteiger partial charge in [-0.1, -0.05) is 0 Å². The number of benzene rings is 1. The monoisotopic (exact) mass is 341 g/mol. The van der Waals surface area contributed by atoms with Crippen molar-refractivity contribution in [2.45, 2.75) is 13.5 Å². The topological polar surface area (TPSA) is 78.0 Å². The molecule has 104 valence electrons. The fraction of sp³-hybridized carbons (Fsp3) is 0.167. The van der Waals surface area contributed by atoms with Gasteiger partial charge >= 0.3 is 0 Å². The van der Waals surface area contributed by atoms with E-state index in [1.54, 1.807) is 6.92 Å². The summed E-state index contributed by atoms with van der Waals surface area (Å²) in [5.74, 6) is -0.212. The molecule has 0 radical (unpaired) electrons. The molecule has 0 unspecified atom stereocenters. The minimum absolute atomic E-state index is 0.111. The summed E-state index contributed by atoms with van der Waals surface area (Å²) in [6.45, 7) is 1.48. The van der Waals surface area contributed by atoms with Crippen LogP contribution in [0, 0.1) is 22.9 Å². The van der Waals surface area contributed by atoms with Crippen LogP contribution in [0.25, 0.3) is 0 Å². The molecular formula is C12H9BrFN3O3. The van der Waals surface area contributed by atoms with Crippen LogP contribution < -0.4 is 5.56 Å². The standard InChI is InChI=1S/C12H9BrFN3O3/c1-7-15-5-10(13)12(18)16(7)6-8-4-9(14)2-3-11(8)17(19)20/h2-5H,6H2,1H3. The Kier molecular flexibility index (Phi) is 3.93. The highest BCUT2D eigenvalue weighted by Crippen LogP contribution is 2.20. The maximum atomic E-state index is 13.3. The van der Waals surface area contributed by atoms with Gasteiger partial charge in [-0.25, -0.2) is 9.37 Å². The molecule has 0 spiro atoms. The zero-order valence-electron chi connectivity index (χ0n) is 10.3. The molecule has 0 aliphatic rings. The molecule has 0 aliphatic carbocycles. The van der Waals surface area contributed by atoms with Crippen LogP contribution in [0.3, 0.4) is 0 Å². The maximum absolute atomic E-state index is 13.3. The summed E-state index contributed by atoms with van der Waals surface area (Å²) in [6, 6.07) is 3.14. The lowest BCUT2D eigenvalue weighted by Gasteiger charge is -2.09. The number of halogens is 2. The number of nitrogens with zero attached hydrogens (tertiary/aromatic N) is 3. The van der Waals surface area contributed by atoms with Crippen molar-refractivity contribution in [3.63, 3.8) is 0 Å². The predicted molar refractivity (Wildman–Crippen MR) is 73.1 cm³/mol. The highest BCUT2D eigenvalue weighted by atomic mass is 79.9. The van der Waals surface area contributed by atoms with Crippen LogP contribution >= 0.6 is 15.9 Å². The number of rotatable bonds is 3. The van der Waals surface area contributed by atoms with Crippen molar-refractivity contribution in [1.29, 1.82) is 0 Å². The van der Waals surface area contributed by atoms with E-state index < -0.39 is 10.7 Å². The van der Waals surface area contributed by atoms with E-state index in [1.165, 1.54) is 10.8 Å². The smallest absolute Gasteiger partial charge is 0.274 e. The van der Waals surface area contributed by atoms with E-state index in [9.17, 15) is 19.3 Å². The Morgan fingerprint density at radius 3 is 2.85 bits per heavy atom. The lowest BCUT2D eigenvalue weighted by molar-refractivity contribution is -0.385. The lowest BCUT2D eigenvalue weighted by Crippen LogP contribution is -2.24. The lowest BCUT2D eigenvalue weighted by atomic mass is 10.1. The maximum Gasteiger partial charge on any atom is 0.274 e. The SMILES string of the molecule is Cc1ncc(Br)c(=O)n1Cc1cc(F)ccc1[N+](=O)[O-]. The summed E-state index contributed by atoms with van der Waals surface area (Å²) in [5.41, 5.74) is -0.506. The first-order valence-electron chi connectivity index (χ1n) is 5.55. The van der Waals surface area contributed by atoms with Gasteiger partial charge in [0.25, 0.3) is 11.2 Å². The van der Waals surface area contributed by atoms with Crippen LogP contribution in [0.5, 0.6) is 0 Å². The molecule has 8 heteroatoms. The molecule has 1 aromatic carbocycles. The Balaban J connectivity index is 2.56. The fourth-order valence-corrected chi connectivity index (χ4v) is 2.08. The zero-order chi connectivity index (χ0) is 14.9. The molecule has 1 aromatic heterocycles. The van der Waals surface area contributed by atoms with Crippen LogP contribution in [-0.4, -0.2) is 14.5 Å². The molecular weight excluding hydrogens is 333 g/mol. The molecule has 0 aliphatic heterocycles. The molecule has 0 saturated heterocycles. The third-order valence-electron chi connectivity index (χ3n) is 2.77. The Morgan fingerprint density at radius 1 is 1.50 bits per heavy atom. The molecule has 0 atom stereocenters. The van der Waals surface area contributed by atoms with Crippen LogP contribution in [-0.2, 0) is 6.54 Å². The van der Waals surface area contributed by atoms with Gasteiger partial charge in [-0.3, -0.25) is 19.5 Å². The first kappa shape index (κ1) is 14.3. The molecule has 0 bridgehead atoms. The second kappa shape index (κ2) is 5.49. The van der Waals surface area contributed by atoms with Crippen LogP contribution in [0.15, 0.2) is 33.7 Å². The highest BCUT2D eigenvalue weighted by Gasteiger charge is 2.16. The van der Waals surface area contributed by atoms with Crippen molar-refractivity contribution in [1.82, 2.24) is 9.55 Å². The summed E-state index contributed by atoms with van der Waals surface area (Å²) < 4.78 is 14.7. The van der Waals surface area contributed by atoms with Gasteiger partial charge in [0.1, 0.15) is 16.1 Å². The largest absolute Gasteiger partial charge is 0.291 e. The van der Waals surface area contributed by atoms with Crippen molar-refractivity contribution >= 4 is 21.6 Å². The van der Waals surface area contributed by atoms with E-state index in [1.807, 2.05) is 0 Å². The van der Waals surface area contributed by atoms with Gasteiger partial charge in [0.15, 0.2) is 0 Å². The number of nitro groups is 1. The minimum Gasteiger partial charge on any atom is -0.291 e. The van der Waals surface area contributed by atoms with Gasteiger partial charge in [0.05, 0.1) is 17.0 Å². The van der Waals surface area contributed by atoms with Crippen LogP contribution in [0.4, 0.5) is 10.1 Å². The third kappa shape index (κ3) is 2.74. The number of nitro benzene ring substituents is 1. The Hall–Kier alpha value is -2.09. The average molecular weight is 342 g/mol. The number of aromatic nitrogens is 2. The number of hydrogen-bond donors (Lipinski definition) is 0. The Bertz CT molecular complexity index is 745. The minimum atomic E-state index is -0.611. The van der Waals surface area contributed by atoms with Crippen molar-refractivity contribution in [2.75, 3.05) is 0 Å². The average Bonchev–Trinajstić information content (AvgIpc) is 2.39. The Labute approximate surface area is 121 Å². The van der Waals surface area contributed by atoms with Gasteiger partial charge in [-0.15, -0.1) is 0 Å². The van der Waals surface area contributed by atoms with Crippen molar-refractivity contribution < 1.29 is 9.31 Å². The summed E-state index contributed by atoms with van der Waals surface area (Å²) in [5, 5.41) is 10.9. The van der Waals surface area contributed by atoms with Gasteiger partial charge < -0.3 is 0 Å². The number of aryl methyl sites for hydroxylation is 1. The molecule has 6 nitrogen and oxygen atoms in total. The van der Waals surface area contributed by atoms with Crippen LogP contribution in [0.1, 0.15) is 11.4 Å². The van der Waals surface area contributed by atoms with E-state index >= 15 is 0 Å². The molecule has 2 rings (SSSR count). The summed E-state index contributed by atoms with van der Waals surface area (Å²) in [6.07, 6.45) is 1.36. The quantitative estimate of drug-likeness (QED) is 0.634.